The number of aromatic nitrogens is 2. The maximum absolute atomic E-state index is 6.81. The molecule has 0 atom stereocenters. The lowest BCUT2D eigenvalue weighted by molar-refractivity contribution is 0.672. The number of rotatable bonds is 3. The maximum atomic E-state index is 6.81. The molecule has 1 aliphatic heterocycles. The quantitative estimate of drug-likeness (QED) is 0.179. The lowest BCUT2D eigenvalue weighted by atomic mass is 9.45. The molecule has 0 saturated carbocycles. The number of nitrogens with zero attached hydrogens (tertiary/aromatic N) is 3. The van der Waals surface area contributed by atoms with Crippen molar-refractivity contribution in [2.24, 2.45) is 0 Å². The lowest BCUT2D eigenvalue weighted by Crippen LogP contribution is -2.58. The summed E-state index contributed by atoms with van der Waals surface area (Å²) >= 11 is 0. The van der Waals surface area contributed by atoms with Crippen LogP contribution < -0.4 is 15.7 Å². The highest BCUT2D eigenvalue weighted by atomic mass is 16.3. The summed E-state index contributed by atoms with van der Waals surface area (Å²) in [6.07, 6.45) is 0. The van der Waals surface area contributed by atoms with E-state index in [1.54, 1.807) is 0 Å². The average Bonchev–Trinajstić information content (AvgIpc) is 3.60. The highest BCUT2D eigenvalue weighted by Crippen LogP contribution is 2.52. The average molecular weight is 650 g/mol. The molecular weight excluding hydrogens is 621 g/mol. The minimum atomic E-state index is -0.235. The Kier molecular flexibility index (Phi) is 6.01. The van der Waals surface area contributed by atoms with Crippen LogP contribution in [-0.4, -0.2) is 16.8 Å². The van der Waals surface area contributed by atoms with Gasteiger partial charge in [-0.25, -0.2) is 9.97 Å². The number of anilines is 2. The van der Waals surface area contributed by atoms with Gasteiger partial charge in [-0.15, -0.1) is 0 Å². The topological polar surface area (TPSA) is 42.2 Å². The Morgan fingerprint density at radius 3 is 1.96 bits per heavy atom. The van der Waals surface area contributed by atoms with E-state index < -0.39 is 0 Å². The predicted octanol–water partition coefficient (Wildman–Crippen LogP) is 10.4. The fourth-order valence-electron chi connectivity index (χ4n) is 8.27. The van der Waals surface area contributed by atoms with Crippen molar-refractivity contribution in [3.8, 4) is 22.4 Å². The number of hydrogen-bond acceptors (Lipinski definition) is 4. The van der Waals surface area contributed by atoms with Crippen LogP contribution in [-0.2, 0) is 0 Å². The van der Waals surface area contributed by atoms with Crippen LogP contribution in [0.5, 0.6) is 0 Å². The van der Waals surface area contributed by atoms with Gasteiger partial charge in [-0.3, -0.25) is 0 Å². The third kappa shape index (κ3) is 4.15. The fraction of sp³-hybridized carbons (Fsp3) is 0. The molecule has 3 heterocycles. The zero-order valence-electron chi connectivity index (χ0n) is 27.5. The first-order valence-corrected chi connectivity index (χ1v) is 17.4. The van der Waals surface area contributed by atoms with E-state index in [2.05, 4.69) is 163 Å². The fourth-order valence-corrected chi connectivity index (χ4v) is 8.27. The van der Waals surface area contributed by atoms with Crippen molar-refractivity contribution < 1.29 is 4.42 Å². The van der Waals surface area contributed by atoms with Gasteiger partial charge in [0.05, 0.1) is 22.3 Å². The van der Waals surface area contributed by atoms with Crippen LogP contribution in [0.3, 0.4) is 0 Å². The van der Waals surface area contributed by atoms with E-state index in [1.807, 2.05) is 12.1 Å². The third-order valence-corrected chi connectivity index (χ3v) is 10.5. The standard InChI is InChI=1S/C46H28BN3O/c1-3-15-29(16-4-1)43-35-23-11-13-25-39(35)48-46(49-43)50-44-41(33-21-9-10-22-34(33)45-42(44)36-24-12-14-26-40(36)51-45)37-27-30-17-7-8-18-31(30)28-38(37)47(50)32-19-5-2-6-20-32/h1-28H. The summed E-state index contributed by atoms with van der Waals surface area (Å²) in [6.45, 7) is -0.235. The highest BCUT2D eigenvalue weighted by Gasteiger charge is 2.42. The van der Waals surface area contributed by atoms with Gasteiger partial charge in [-0.1, -0.05) is 157 Å². The molecule has 2 aromatic heterocycles. The zero-order chi connectivity index (χ0) is 33.5. The third-order valence-electron chi connectivity index (χ3n) is 10.5. The van der Waals surface area contributed by atoms with E-state index in [4.69, 9.17) is 14.4 Å². The second kappa shape index (κ2) is 10.9. The maximum Gasteiger partial charge on any atom is 0.332 e. The van der Waals surface area contributed by atoms with Gasteiger partial charge in [0, 0.05) is 27.3 Å². The summed E-state index contributed by atoms with van der Waals surface area (Å²) in [5, 5.41) is 7.78. The van der Waals surface area contributed by atoms with Gasteiger partial charge in [0.15, 0.2) is 0 Å². The monoisotopic (exact) mass is 649 g/mol. The van der Waals surface area contributed by atoms with Crippen molar-refractivity contribution in [3.05, 3.63) is 170 Å². The largest absolute Gasteiger partial charge is 0.455 e. The summed E-state index contributed by atoms with van der Waals surface area (Å²) in [7, 11) is 0. The van der Waals surface area contributed by atoms with Gasteiger partial charge in [0.25, 0.3) is 0 Å². The Morgan fingerprint density at radius 2 is 1.16 bits per heavy atom. The van der Waals surface area contributed by atoms with Crippen molar-refractivity contribution in [1.82, 2.24) is 9.97 Å². The Hall–Kier alpha value is -6.72. The van der Waals surface area contributed by atoms with Gasteiger partial charge in [-0.05, 0) is 45.4 Å². The van der Waals surface area contributed by atoms with Crippen molar-refractivity contribution in [2.75, 3.05) is 4.81 Å². The molecule has 0 aliphatic carbocycles. The second-order valence-corrected chi connectivity index (χ2v) is 13.3. The summed E-state index contributed by atoms with van der Waals surface area (Å²) in [5.74, 6) is 0.642. The molecule has 0 N–H and O–H groups in total. The van der Waals surface area contributed by atoms with E-state index >= 15 is 0 Å². The second-order valence-electron chi connectivity index (χ2n) is 13.3. The van der Waals surface area contributed by atoms with Crippen molar-refractivity contribution in [2.45, 2.75) is 0 Å². The van der Waals surface area contributed by atoms with E-state index in [1.165, 1.54) is 21.8 Å². The van der Waals surface area contributed by atoms with E-state index in [0.29, 0.717) is 5.95 Å². The molecule has 10 aromatic rings. The van der Waals surface area contributed by atoms with E-state index in [-0.39, 0.29) is 6.85 Å². The Morgan fingerprint density at radius 1 is 0.529 bits per heavy atom. The Labute approximate surface area is 294 Å². The number of fused-ring (bicyclic) bond motifs is 12. The number of furan rings is 1. The van der Waals surface area contributed by atoms with Crippen LogP contribution >= 0.6 is 0 Å². The van der Waals surface area contributed by atoms with Gasteiger partial charge >= 0.3 is 6.85 Å². The SMILES string of the molecule is c1ccc(B2c3cc4ccccc4cc3-c3c(c4c5ccccc5oc4c4ccccc34)N2c2nc(-c3ccccc3)c3ccccc3n2)cc1. The molecule has 11 rings (SSSR count). The summed E-state index contributed by atoms with van der Waals surface area (Å²) in [4.78, 5) is 13.4. The van der Waals surface area contributed by atoms with Gasteiger partial charge in [0.2, 0.25) is 5.95 Å². The van der Waals surface area contributed by atoms with E-state index in [0.717, 1.165) is 71.6 Å². The van der Waals surface area contributed by atoms with Crippen molar-refractivity contribution in [1.29, 1.82) is 0 Å². The molecule has 0 bridgehead atoms. The molecule has 0 radical (unpaired) electrons. The summed E-state index contributed by atoms with van der Waals surface area (Å²) in [6, 6.07) is 60.1. The summed E-state index contributed by atoms with van der Waals surface area (Å²) in [5.41, 5.74) is 10.4. The number of hydrogen-bond donors (Lipinski definition) is 0. The molecule has 4 nitrogen and oxygen atoms in total. The molecule has 51 heavy (non-hydrogen) atoms. The highest BCUT2D eigenvalue weighted by molar-refractivity contribution is 6.91. The minimum absolute atomic E-state index is 0.235. The van der Waals surface area contributed by atoms with Crippen molar-refractivity contribution >= 4 is 83.8 Å². The summed E-state index contributed by atoms with van der Waals surface area (Å²) < 4.78 is 6.81. The van der Waals surface area contributed by atoms with E-state index in [9.17, 15) is 0 Å². The van der Waals surface area contributed by atoms with Crippen molar-refractivity contribution in [3.63, 3.8) is 0 Å². The molecule has 0 spiro atoms. The molecule has 0 saturated heterocycles. The van der Waals surface area contributed by atoms with Crippen LogP contribution in [0.1, 0.15) is 0 Å². The van der Waals surface area contributed by atoms with Gasteiger partial charge in [-0.2, -0.15) is 0 Å². The number of benzene rings is 8. The Balaban J connectivity index is 1.37. The Bertz CT molecular complexity index is 2990. The number of para-hydroxylation sites is 2. The first-order valence-electron chi connectivity index (χ1n) is 17.4. The van der Waals surface area contributed by atoms with Gasteiger partial charge in [0.1, 0.15) is 11.2 Å². The first-order chi connectivity index (χ1) is 25.3. The molecule has 236 valence electrons. The predicted molar refractivity (Wildman–Crippen MR) is 213 cm³/mol. The minimum Gasteiger partial charge on any atom is -0.455 e. The van der Waals surface area contributed by atoms with Crippen LogP contribution in [0.2, 0.25) is 0 Å². The molecule has 1 aliphatic rings. The molecule has 8 aromatic carbocycles. The molecule has 0 amide bonds. The molecular formula is C46H28BN3O. The first kappa shape index (κ1) is 28.2. The molecule has 0 unspecified atom stereocenters. The molecule has 0 fully saturated rings. The normalized spacial score (nSPS) is 12.6. The molecule has 5 heteroatoms. The zero-order valence-corrected chi connectivity index (χ0v) is 27.5. The van der Waals surface area contributed by atoms with Crippen LogP contribution in [0.25, 0.3) is 76.8 Å². The van der Waals surface area contributed by atoms with Crippen LogP contribution in [0, 0.1) is 0 Å². The smallest absolute Gasteiger partial charge is 0.332 e. The lowest BCUT2D eigenvalue weighted by Gasteiger charge is -2.39. The van der Waals surface area contributed by atoms with Crippen LogP contribution in [0.15, 0.2) is 174 Å². The van der Waals surface area contributed by atoms with Gasteiger partial charge < -0.3 is 9.23 Å². The van der Waals surface area contributed by atoms with Crippen LogP contribution in [0.4, 0.5) is 11.6 Å².